The number of hydrogen-bond acceptors (Lipinski definition) is 4. The average Bonchev–Trinajstić information content (AvgIpc) is 2.97. The Morgan fingerprint density at radius 2 is 1.95 bits per heavy atom. The van der Waals surface area contributed by atoms with Crippen molar-refractivity contribution < 1.29 is 5.11 Å². The lowest BCUT2D eigenvalue weighted by Gasteiger charge is -2.25. The van der Waals surface area contributed by atoms with Crippen molar-refractivity contribution in [2.45, 2.75) is 25.0 Å². The van der Waals surface area contributed by atoms with Crippen LogP contribution < -0.4 is 0 Å². The van der Waals surface area contributed by atoms with E-state index in [9.17, 15) is 5.11 Å². The lowest BCUT2D eigenvalue weighted by atomic mass is 10.1. The van der Waals surface area contributed by atoms with E-state index in [1.807, 2.05) is 30.3 Å². The van der Waals surface area contributed by atoms with E-state index in [-0.39, 0.29) is 6.04 Å². The molecule has 2 aromatic rings. The van der Waals surface area contributed by atoms with Crippen molar-refractivity contribution in [3.63, 3.8) is 0 Å². The second-order valence-corrected chi connectivity index (χ2v) is 5.76. The third-order valence-corrected chi connectivity index (χ3v) is 4.16. The topological polar surface area (TPSA) is 49.2 Å². The van der Waals surface area contributed by atoms with Crippen molar-refractivity contribution in [2.24, 2.45) is 0 Å². The summed E-state index contributed by atoms with van der Waals surface area (Å²) in [5, 5.41) is 11.1. The van der Waals surface area contributed by atoms with Gasteiger partial charge in [0.25, 0.3) is 0 Å². The van der Waals surface area contributed by atoms with E-state index in [1.54, 1.807) is 12.4 Å². The van der Waals surface area contributed by atoms with E-state index in [2.05, 4.69) is 14.9 Å². The zero-order valence-electron chi connectivity index (χ0n) is 11.7. The molecule has 1 aromatic heterocycles. The molecule has 2 heterocycles. The van der Waals surface area contributed by atoms with Gasteiger partial charge in [-0.25, -0.2) is 9.97 Å². The predicted octanol–water partition coefficient (Wildman–Crippen LogP) is 3.00. The number of nitrogens with zero attached hydrogens (tertiary/aromatic N) is 3. The van der Waals surface area contributed by atoms with Crippen molar-refractivity contribution in [3.05, 3.63) is 59.1 Å². The first kappa shape index (κ1) is 14.4. The highest BCUT2D eigenvalue weighted by Gasteiger charge is 2.29. The Labute approximate surface area is 129 Å². The first-order valence-corrected chi connectivity index (χ1v) is 7.56. The summed E-state index contributed by atoms with van der Waals surface area (Å²) in [4.78, 5) is 11.0. The largest absolute Gasteiger partial charge is 0.387 e. The Kier molecular flexibility index (Phi) is 4.48. The molecular formula is C16H18ClN3O. The van der Waals surface area contributed by atoms with Gasteiger partial charge in [-0.15, -0.1) is 0 Å². The summed E-state index contributed by atoms with van der Waals surface area (Å²) in [6.07, 6.45) is 5.17. The summed E-state index contributed by atoms with van der Waals surface area (Å²) in [5.41, 5.74) is 0.888. The number of β-amino-alcohol motifs (C(OH)–C–C–N with tert-alkyl or cyclic N) is 1. The maximum absolute atomic E-state index is 10.4. The fourth-order valence-corrected chi connectivity index (χ4v) is 2.96. The van der Waals surface area contributed by atoms with Crippen molar-refractivity contribution >= 4 is 11.6 Å². The van der Waals surface area contributed by atoms with Crippen LogP contribution in [0, 0.1) is 0 Å². The highest BCUT2D eigenvalue weighted by molar-refractivity contribution is 6.30. The summed E-state index contributed by atoms with van der Waals surface area (Å²) in [7, 11) is 0. The lowest BCUT2D eigenvalue weighted by molar-refractivity contribution is 0.104. The molecule has 1 fully saturated rings. The van der Waals surface area contributed by atoms with E-state index < -0.39 is 6.10 Å². The van der Waals surface area contributed by atoms with Gasteiger partial charge in [-0.3, -0.25) is 4.90 Å². The molecule has 110 valence electrons. The number of hydrogen-bond donors (Lipinski definition) is 1. The minimum atomic E-state index is -0.522. The Morgan fingerprint density at radius 1 is 1.24 bits per heavy atom. The third kappa shape index (κ3) is 3.40. The van der Waals surface area contributed by atoms with Gasteiger partial charge in [-0.1, -0.05) is 23.7 Å². The molecule has 0 radical (unpaired) electrons. The average molecular weight is 304 g/mol. The fourth-order valence-electron chi connectivity index (χ4n) is 2.83. The van der Waals surface area contributed by atoms with Crippen LogP contribution in [0.25, 0.3) is 0 Å². The van der Waals surface area contributed by atoms with Crippen LogP contribution >= 0.6 is 11.6 Å². The quantitative estimate of drug-likeness (QED) is 0.943. The van der Waals surface area contributed by atoms with Gasteiger partial charge in [0, 0.05) is 24.0 Å². The van der Waals surface area contributed by atoms with Crippen molar-refractivity contribution in [2.75, 3.05) is 13.1 Å². The van der Waals surface area contributed by atoms with Gasteiger partial charge in [-0.05, 0) is 43.1 Å². The van der Waals surface area contributed by atoms with Gasteiger partial charge >= 0.3 is 0 Å². The second kappa shape index (κ2) is 6.52. The van der Waals surface area contributed by atoms with Crippen LogP contribution in [0.5, 0.6) is 0 Å². The predicted molar refractivity (Wildman–Crippen MR) is 82.0 cm³/mol. The molecule has 1 aliphatic rings. The van der Waals surface area contributed by atoms with E-state index >= 15 is 0 Å². The second-order valence-electron chi connectivity index (χ2n) is 5.33. The molecule has 4 nitrogen and oxygen atoms in total. The molecule has 0 aliphatic carbocycles. The van der Waals surface area contributed by atoms with E-state index in [1.165, 1.54) is 0 Å². The standard InChI is InChI=1S/C16H18ClN3O/c17-13-6-4-12(5-7-13)15(21)11-20-10-1-3-14(20)16-18-8-2-9-19-16/h2,4-9,14-15,21H,1,3,10-11H2/t14?,15-/m1/s1. The summed E-state index contributed by atoms with van der Waals surface area (Å²) >= 11 is 5.88. The van der Waals surface area contributed by atoms with Gasteiger partial charge in [0.2, 0.25) is 0 Å². The Morgan fingerprint density at radius 3 is 2.67 bits per heavy atom. The third-order valence-electron chi connectivity index (χ3n) is 3.91. The smallest absolute Gasteiger partial charge is 0.145 e. The van der Waals surface area contributed by atoms with Crippen LogP contribution in [0.15, 0.2) is 42.7 Å². The first-order valence-electron chi connectivity index (χ1n) is 7.18. The minimum Gasteiger partial charge on any atom is -0.387 e. The number of rotatable bonds is 4. The first-order chi connectivity index (χ1) is 10.2. The highest BCUT2D eigenvalue weighted by Crippen LogP contribution is 2.31. The van der Waals surface area contributed by atoms with Crippen LogP contribution in [0.2, 0.25) is 5.02 Å². The summed E-state index contributed by atoms with van der Waals surface area (Å²) in [6.45, 7) is 1.55. The minimum absolute atomic E-state index is 0.202. The number of benzene rings is 1. The molecule has 0 saturated carbocycles. The number of likely N-dealkylation sites (tertiary alicyclic amines) is 1. The van der Waals surface area contributed by atoms with Crippen LogP contribution in [0.3, 0.4) is 0 Å². The molecule has 3 rings (SSSR count). The lowest BCUT2D eigenvalue weighted by Crippen LogP contribution is -2.29. The van der Waals surface area contributed by atoms with Crippen molar-refractivity contribution in [1.82, 2.24) is 14.9 Å². The Bertz CT molecular complexity index is 576. The molecule has 1 saturated heterocycles. The van der Waals surface area contributed by atoms with E-state index in [0.717, 1.165) is 30.8 Å². The molecule has 0 spiro atoms. The van der Waals surface area contributed by atoms with Gasteiger partial charge in [0.15, 0.2) is 0 Å². The SMILES string of the molecule is O[C@H](CN1CCCC1c1ncccn1)c1ccc(Cl)cc1. The molecular weight excluding hydrogens is 286 g/mol. The zero-order valence-corrected chi connectivity index (χ0v) is 12.4. The number of aromatic nitrogens is 2. The van der Waals surface area contributed by atoms with Crippen LogP contribution in [-0.2, 0) is 0 Å². The molecule has 21 heavy (non-hydrogen) atoms. The monoisotopic (exact) mass is 303 g/mol. The maximum Gasteiger partial charge on any atom is 0.145 e. The molecule has 1 unspecified atom stereocenters. The Balaban J connectivity index is 1.70. The summed E-state index contributed by atoms with van der Waals surface area (Å²) < 4.78 is 0. The maximum atomic E-state index is 10.4. The summed E-state index contributed by atoms with van der Waals surface area (Å²) in [6, 6.07) is 9.39. The van der Waals surface area contributed by atoms with Crippen LogP contribution in [0.4, 0.5) is 0 Å². The molecule has 0 amide bonds. The molecule has 1 aromatic carbocycles. The fraction of sp³-hybridized carbons (Fsp3) is 0.375. The zero-order chi connectivity index (χ0) is 14.7. The van der Waals surface area contributed by atoms with Crippen molar-refractivity contribution in [1.29, 1.82) is 0 Å². The molecule has 2 atom stereocenters. The van der Waals surface area contributed by atoms with E-state index in [4.69, 9.17) is 11.6 Å². The van der Waals surface area contributed by atoms with Crippen LogP contribution in [-0.4, -0.2) is 33.1 Å². The highest BCUT2D eigenvalue weighted by atomic mass is 35.5. The molecule has 1 N–H and O–H groups in total. The number of aliphatic hydroxyl groups excluding tert-OH is 1. The number of aliphatic hydroxyl groups is 1. The van der Waals surface area contributed by atoms with Gasteiger partial charge in [0.05, 0.1) is 12.1 Å². The Hall–Kier alpha value is -1.49. The number of halogens is 1. The normalized spacial score (nSPS) is 20.6. The van der Waals surface area contributed by atoms with Gasteiger partial charge in [0.1, 0.15) is 5.82 Å². The molecule has 1 aliphatic heterocycles. The summed E-state index contributed by atoms with van der Waals surface area (Å²) in [5.74, 6) is 0.846. The molecule has 5 heteroatoms. The van der Waals surface area contributed by atoms with Gasteiger partial charge in [-0.2, -0.15) is 0 Å². The van der Waals surface area contributed by atoms with Crippen LogP contribution in [0.1, 0.15) is 36.4 Å². The molecule has 0 bridgehead atoms. The van der Waals surface area contributed by atoms with Crippen molar-refractivity contribution in [3.8, 4) is 0 Å². The van der Waals surface area contributed by atoms with Gasteiger partial charge < -0.3 is 5.11 Å². The van der Waals surface area contributed by atoms with E-state index in [0.29, 0.717) is 11.6 Å².